The largest absolute Gasteiger partial charge is 0.493 e. The van der Waals surface area contributed by atoms with Crippen LogP contribution in [0.15, 0.2) is 65.6 Å². The number of anilines is 1. The third-order valence-corrected chi connectivity index (χ3v) is 7.62. The van der Waals surface area contributed by atoms with Crippen LogP contribution < -0.4 is 13.8 Å². The summed E-state index contributed by atoms with van der Waals surface area (Å²) in [5.41, 5.74) is 2.78. The highest BCUT2D eigenvalue weighted by Gasteiger charge is 2.29. The molecule has 0 atom stereocenters. The van der Waals surface area contributed by atoms with Crippen LogP contribution in [0.4, 0.5) is 5.69 Å². The number of nitrogens with zero attached hydrogens (tertiary/aromatic N) is 2. The fourth-order valence-corrected chi connectivity index (χ4v) is 5.33. The lowest BCUT2D eigenvalue weighted by Crippen LogP contribution is -2.41. The Hall–Kier alpha value is -3.23. The molecule has 9 heteroatoms. The summed E-state index contributed by atoms with van der Waals surface area (Å²) < 4.78 is 39.0. The van der Waals surface area contributed by atoms with Crippen molar-refractivity contribution >= 4 is 33.2 Å². The van der Waals surface area contributed by atoms with E-state index < -0.39 is 10.0 Å². The van der Waals surface area contributed by atoms with Crippen LogP contribution in [-0.4, -0.2) is 47.0 Å². The van der Waals surface area contributed by atoms with Gasteiger partial charge >= 0.3 is 0 Å². The SMILES string of the molecule is COc1ccc(CN(C)C(=O)CN(c2ccc(Cl)cc2C)S(=O)(=O)c2ccc(C)cc2)cc1OC. The van der Waals surface area contributed by atoms with Crippen molar-refractivity contribution in [3.63, 3.8) is 0 Å². The molecule has 0 fully saturated rings. The Morgan fingerprint density at radius 3 is 2.17 bits per heavy atom. The molecule has 0 heterocycles. The van der Waals surface area contributed by atoms with Crippen molar-refractivity contribution in [2.45, 2.75) is 25.3 Å². The van der Waals surface area contributed by atoms with E-state index in [-0.39, 0.29) is 23.9 Å². The number of carbonyl (C=O) groups excluding carboxylic acids is 1. The molecule has 3 aromatic rings. The number of ether oxygens (including phenoxy) is 2. The maximum absolute atomic E-state index is 13.6. The normalized spacial score (nSPS) is 11.1. The number of benzene rings is 3. The molecule has 35 heavy (non-hydrogen) atoms. The zero-order chi connectivity index (χ0) is 25.8. The van der Waals surface area contributed by atoms with Crippen LogP contribution >= 0.6 is 11.6 Å². The number of methoxy groups -OCH3 is 2. The first-order valence-corrected chi connectivity index (χ1v) is 12.7. The third-order valence-electron chi connectivity index (χ3n) is 5.61. The van der Waals surface area contributed by atoms with Gasteiger partial charge in [-0.05, 0) is 67.4 Å². The van der Waals surface area contributed by atoms with Gasteiger partial charge in [-0.25, -0.2) is 8.42 Å². The van der Waals surface area contributed by atoms with Gasteiger partial charge in [0.25, 0.3) is 10.0 Å². The van der Waals surface area contributed by atoms with Crippen LogP contribution in [-0.2, 0) is 21.4 Å². The minimum Gasteiger partial charge on any atom is -0.493 e. The minimum absolute atomic E-state index is 0.104. The first-order valence-electron chi connectivity index (χ1n) is 10.9. The number of halogens is 1. The summed E-state index contributed by atoms with van der Waals surface area (Å²) in [4.78, 5) is 14.8. The van der Waals surface area contributed by atoms with Gasteiger partial charge < -0.3 is 14.4 Å². The summed E-state index contributed by atoms with van der Waals surface area (Å²) in [6.45, 7) is 3.53. The number of carbonyl (C=O) groups is 1. The second-order valence-electron chi connectivity index (χ2n) is 8.19. The highest BCUT2D eigenvalue weighted by molar-refractivity contribution is 7.92. The van der Waals surface area contributed by atoms with Crippen molar-refractivity contribution in [2.75, 3.05) is 32.1 Å². The summed E-state index contributed by atoms with van der Waals surface area (Å²) in [5.74, 6) is 0.759. The molecule has 186 valence electrons. The molecule has 0 spiro atoms. The fourth-order valence-electron chi connectivity index (χ4n) is 3.62. The van der Waals surface area contributed by atoms with E-state index in [4.69, 9.17) is 21.1 Å². The van der Waals surface area contributed by atoms with Gasteiger partial charge in [0.05, 0.1) is 24.8 Å². The van der Waals surface area contributed by atoms with E-state index in [0.717, 1.165) is 15.4 Å². The standard InChI is InChI=1S/C26H29ClN2O5S/c1-18-6-10-22(11-7-18)35(31,32)29(23-12-9-21(27)14-19(23)2)17-26(30)28(3)16-20-8-13-24(33-4)25(15-20)34-5/h6-15H,16-17H2,1-5H3. The summed E-state index contributed by atoms with van der Waals surface area (Å²) in [5, 5.41) is 0.482. The van der Waals surface area contributed by atoms with Crippen LogP contribution in [0.25, 0.3) is 0 Å². The van der Waals surface area contributed by atoms with E-state index in [1.54, 1.807) is 82.8 Å². The molecule has 3 aromatic carbocycles. The predicted octanol–water partition coefficient (Wildman–Crippen LogP) is 4.83. The maximum Gasteiger partial charge on any atom is 0.264 e. The summed E-state index contributed by atoms with van der Waals surface area (Å²) in [7, 11) is 0.699. The van der Waals surface area contributed by atoms with E-state index in [0.29, 0.717) is 27.8 Å². The van der Waals surface area contributed by atoms with Crippen LogP contribution in [0, 0.1) is 13.8 Å². The van der Waals surface area contributed by atoms with Crippen molar-refractivity contribution in [2.24, 2.45) is 0 Å². The molecule has 0 aliphatic carbocycles. The number of amides is 1. The zero-order valence-corrected chi connectivity index (χ0v) is 22.0. The second-order valence-corrected chi connectivity index (χ2v) is 10.5. The summed E-state index contributed by atoms with van der Waals surface area (Å²) >= 11 is 6.10. The van der Waals surface area contributed by atoms with Gasteiger partial charge in [0, 0.05) is 18.6 Å². The lowest BCUT2D eigenvalue weighted by atomic mass is 10.2. The Balaban J connectivity index is 1.92. The molecule has 0 saturated heterocycles. The van der Waals surface area contributed by atoms with Gasteiger partial charge in [-0.2, -0.15) is 0 Å². The Morgan fingerprint density at radius 1 is 0.914 bits per heavy atom. The molecule has 0 radical (unpaired) electrons. The van der Waals surface area contributed by atoms with Crippen LogP contribution in [0.3, 0.4) is 0 Å². The van der Waals surface area contributed by atoms with Crippen molar-refractivity contribution < 1.29 is 22.7 Å². The molecular formula is C26H29ClN2O5S. The van der Waals surface area contributed by atoms with Crippen molar-refractivity contribution in [1.29, 1.82) is 0 Å². The highest BCUT2D eigenvalue weighted by Crippen LogP contribution is 2.30. The number of hydrogen-bond donors (Lipinski definition) is 0. The number of hydrogen-bond acceptors (Lipinski definition) is 5. The first-order chi connectivity index (χ1) is 16.6. The van der Waals surface area contributed by atoms with E-state index in [2.05, 4.69) is 0 Å². The molecule has 0 aliphatic rings. The molecule has 0 aromatic heterocycles. The molecule has 0 saturated carbocycles. The molecule has 1 amide bonds. The summed E-state index contributed by atoms with van der Waals surface area (Å²) in [6, 6.07) is 16.8. The Kier molecular flexibility index (Phi) is 8.30. The lowest BCUT2D eigenvalue weighted by Gasteiger charge is -2.28. The van der Waals surface area contributed by atoms with E-state index in [1.165, 1.54) is 4.90 Å². The number of rotatable bonds is 9. The summed E-state index contributed by atoms with van der Waals surface area (Å²) in [6.07, 6.45) is 0. The predicted molar refractivity (Wildman–Crippen MR) is 138 cm³/mol. The average molecular weight is 517 g/mol. The van der Waals surface area contributed by atoms with Crippen LogP contribution in [0.5, 0.6) is 11.5 Å². The first kappa shape index (κ1) is 26.4. The van der Waals surface area contributed by atoms with E-state index in [1.807, 2.05) is 13.0 Å². The van der Waals surface area contributed by atoms with Crippen LogP contribution in [0.1, 0.15) is 16.7 Å². The average Bonchev–Trinajstić information content (AvgIpc) is 2.82. The molecule has 7 nitrogen and oxygen atoms in total. The van der Waals surface area contributed by atoms with Gasteiger partial charge in [-0.3, -0.25) is 9.10 Å². The zero-order valence-electron chi connectivity index (χ0n) is 20.4. The molecule has 3 rings (SSSR count). The number of likely N-dealkylation sites (N-methyl/N-ethyl adjacent to an activating group) is 1. The van der Waals surface area contributed by atoms with Gasteiger partial charge in [-0.1, -0.05) is 35.4 Å². The van der Waals surface area contributed by atoms with Crippen molar-refractivity contribution in [3.05, 3.63) is 82.4 Å². The smallest absolute Gasteiger partial charge is 0.264 e. The fraction of sp³-hybridized carbons (Fsp3) is 0.269. The molecule has 0 unspecified atom stereocenters. The van der Waals surface area contributed by atoms with Gasteiger partial charge in [0.15, 0.2) is 11.5 Å². The monoisotopic (exact) mass is 516 g/mol. The maximum atomic E-state index is 13.6. The molecule has 0 bridgehead atoms. The van der Waals surface area contributed by atoms with Gasteiger partial charge in [-0.15, -0.1) is 0 Å². The van der Waals surface area contributed by atoms with Crippen molar-refractivity contribution in [1.82, 2.24) is 4.90 Å². The Bertz CT molecular complexity index is 1310. The van der Waals surface area contributed by atoms with Crippen molar-refractivity contribution in [3.8, 4) is 11.5 Å². The number of aryl methyl sites for hydroxylation is 2. The van der Waals surface area contributed by atoms with E-state index in [9.17, 15) is 13.2 Å². The minimum atomic E-state index is -4.02. The quantitative estimate of drug-likeness (QED) is 0.407. The Labute approximate surface area is 211 Å². The number of sulfonamides is 1. The van der Waals surface area contributed by atoms with Gasteiger partial charge in [0.2, 0.25) is 5.91 Å². The second kappa shape index (κ2) is 11.0. The molecular weight excluding hydrogens is 488 g/mol. The topological polar surface area (TPSA) is 76.2 Å². The lowest BCUT2D eigenvalue weighted by molar-refractivity contribution is -0.128. The van der Waals surface area contributed by atoms with Crippen LogP contribution in [0.2, 0.25) is 5.02 Å². The van der Waals surface area contributed by atoms with E-state index >= 15 is 0 Å². The highest BCUT2D eigenvalue weighted by atomic mass is 35.5. The molecule has 0 aliphatic heterocycles. The Morgan fingerprint density at radius 2 is 1.57 bits per heavy atom. The third kappa shape index (κ3) is 6.07. The molecule has 0 N–H and O–H groups in total. The van der Waals surface area contributed by atoms with Gasteiger partial charge in [0.1, 0.15) is 6.54 Å².